The number of hydrogen-bond acceptors (Lipinski definition) is 5. The van der Waals surface area contributed by atoms with E-state index in [9.17, 15) is 13.2 Å². The first kappa shape index (κ1) is 23.7. The minimum absolute atomic E-state index is 0.138. The van der Waals surface area contributed by atoms with Crippen molar-refractivity contribution >= 4 is 38.4 Å². The van der Waals surface area contributed by atoms with Gasteiger partial charge in [-0.05, 0) is 79.5 Å². The number of nitrogens with zero attached hydrogens (tertiary/aromatic N) is 1. The molecule has 7 heteroatoms. The van der Waals surface area contributed by atoms with Gasteiger partial charge in [0.05, 0.1) is 17.0 Å². The first-order chi connectivity index (χ1) is 16.9. The summed E-state index contributed by atoms with van der Waals surface area (Å²) in [4.78, 5) is 17.5. The SMILES string of the molecule is Cc1c(NC(=O)c2ccc(/C=C/C3CC3)cc2)ccc2cc(CNC3CCS(=O)(=O)CC3)cnc12. The fraction of sp³-hybridized carbons (Fsp3) is 0.357. The minimum Gasteiger partial charge on any atom is -0.322 e. The molecule has 2 aromatic carbocycles. The van der Waals surface area contributed by atoms with Gasteiger partial charge in [0.25, 0.3) is 5.91 Å². The standard InChI is InChI=1S/C28H31N3O3S/c1-19-26(31-28(32)23-8-6-21(7-9-23)5-4-20-2-3-20)11-10-24-16-22(18-30-27(19)24)17-29-25-12-14-35(33,34)15-13-25/h4-11,16,18,20,25,29H,2-3,12-15,17H2,1H3,(H,31,32)/b5-4+. The molecular weight excluding hydrogens is 458 g/mol. The summed E-state index contributed by atoms with van der Waals surface area (Å²) >= 11 is 0. The third kappa shape index (κ3) is 5.97. The van der Waals surface area contributed by atoms with Crippen LogP contribution in [0.2, 0.25) is 0 Å². The number of aryl methyl sites for hydroxylation is 1. The van der Waals surface area contributed by atoms with Crippen molar-refractivity contribution in [2.24, 2.45) is 5.92 Å². The van der Waals surface area contributed by atoms with E-state index in [2.05, 4.69) is 33.8 Å². The summed E-state index contributed by atoms with van der Waals surface area (Å²) in [7, 11) is -2.85. The number of benzene rings is 2. The van der Waals surface area contributed by atoms with Crippen molar-refractivity contribution < 1.29 is 13.2 Å². The molecule has 2 heterocycles. The number of allylic oxidation sites excluding steroid dienone is 1. The van der Waals surface area contributed by atoms with Crippen LogP contribution in [0.1, 0.15) is 52.7 Å². The summed E-state index contributed by atoms with van der Waals surface area (Å²) in [6, 6.07) is 13.9. The number of nitrogens with one attached hydrogen (secondary N) is 2. The summed E-state index contributed by atoms with van der Waals surface area (Å²) in [6.07, 6.45) is 10.1. The average molecular weight is 490 g/mol. The number of pyridine rings is 1. The molecule has 2 fully saturated rings. The summed E-state index contributed by atoms with van der Waals surface area (Å²) in [5, 5.41) is 7.51. The van der Waals surface area contributed by atoms with Gasteiger partial charge < -0.3 is 10.6 Å². The molecule has 1 saturated carbocycles. The molecule has 0 atom stereocenters. The molecule has 3 aromatic rings. The van der Waals surface area contributed by atoms with Crippen LogP contribution in [0.4, 0.5) is 5.69 Å². The lowest BCUT2D eigenvalue weighted by atomic mass is 10.1. The third-order valence-corrected chi connectivity index (χ3v) is 8.63. The van der Waals surface area contributed by atoms with E-state index in [0.717, 1.165) is 39.2 Å². The van der Waals surface area contributed by atoms with E-state index in [1.807, 2.05) is 49.5 Å². The normalized spacial score (nSPS) is 18.2. The Morgan fingerprint density at radius 2 is 1.80 bits per heavy atom. The molecule has 1 aromatic heterocycles. The summed E-state index contributed by atoms with van der Waals surface area (Å²) in [6.45, 7) is 2.62. The predicted molar refractivity (Wildman–Crippen MR) is 141 cm³/mol. The van der Waals surface area contributed by atoms with E-state index < -0.39 is 9.84 Å². The van der Waals surface area contributed by atoms with E-state index in [1.54, 1.807) is 0 Å². The molecule has 182 valence electrons. The Bertz CT molecular complexity index is 1360. The van der Waals surface area contributed by atoms with Crippen LogP contribution in [0.3, 0.4) is 0 Å². The zero-order chi connectivity index (χ0) is 24.4. The van der Waals surface area contributed by atoms with Gasteiger partial charge in [0, 0.05) is 35.4 Å². The Balaban J connectivity index is 1.23. The smallest absolute Gasteiger partial charge is 0.255 e. The van der Waals surface area contributed by atoms with Crippen molar-refractivity contribution in [3.8, 4) is 0 Å². The molecule has 1 amide bonds. The van der Waals surface area contributed by atoms with Gasteiger partial charge in [0.15, 0.2) is 0 Å². The summed E-state index contributed by atoms with van der Waals surface area (Å²) in [5.74, 6) is 1.11. The molecule has 1 aliphatic heterocycles. The van der Waals surface area contributed by atoms with Crippen LogP contribution >= 0.6 is 0 Å². The zero-order valence-corrected chi connectivity index (χ0v) is 20.8. The van der Waals surface area contributed by atoms with Crippen LogP contribution < -0.4 is 10.6 Å². The Kier molecular flexibility index (Phi) is 6.71. The number of aromatic nitrogens is 1. The Hall–Kier alpha value is -3.03. The Labute approximate surface area is 206 Å². The first-order valence-electron chi connectivity index (χ1n) is 12.3. The highest BCUT2D eigenvalue weighted by Gasteiger charge is 2.23. The molecule has 1 saturated heterocycles. The lowest BCUT2D eigenvalue weighted by molar-refractivity contribution is 0.102. The van der Waals surface area contributed by atoms with Gasteiger partial charge in [-0.3, -0.25) is 9.78 Å². The van der Waals surface area contributed by atoms with Crippen LogP contribution in [-0.2, 0) is 16.4 Å². The van der Waals surface area contributed by atoms with Crippen molar-refractivity contribution in [2.75, 3.05) is 16.8 Å². The fourth-order valence-corrected chi connectivity index (χ4v) is 5.95. The molecule has 35 heavy (non-hydrogen) atoms. The van der Waals surface area contributed by atoms with Crippen LogP contribution in [0.15, 0.2) is 54.7 Å². The number of rotatable bonds is 7. The van der Waals surface area contributed by atoms with E-state index in [-0.39, 0.29) is 23.5 Å². The number of hydrogen-bond donors (Lipinski definition) is 2. The second-order valence-electron chi connectivity index (χ2n) is 9.73. The number of anilines is 1. The number of carbonyl (C=O) groups excluding carboxylic acids is 1. The van der Waals surface area contributed by atoms with Gasteiger partial charge in [-0.2, -0.15) is 0 Å². The van der Waals surface area contributed by atoms with Crippen LogP contribution in [-0.4, -0.2) is 36.9 Å². The quantitative estimate of drug-likeness (QED) is 0.494. The van der Waals surface area contributed by atoms with Gasteiger partial charge in [-0.1, -0.05) is 30.4 Å². The molecular formula is C28H31N3O3S. The Morgan fingerprint density at radius 1 is 1.06 bits per heavy atom. The van der Waals surface area contributed by atoms with Crippen molar-refractivity contribution in [3.05, 3.63) is 77.0 Å². The second-order valence-corrected chi connectivity index (χ2v) is 12.0. The largest absolute Gasteiger partial charge is 0.322 e. The summed E-state index contributed by atoms with van der Waals surface area (Å²) in [5.41, 5.74) is 5.32. The second kappa shape index (κ2) is 9.91. The number of carbonyl (C=O) groups is 1. The van der Waals surface area contributed by atoms with Crippen LogP contribution in [0.5, 0.6) is 0 Å². The van der Waals surface area contributed by atoms with Crippen molar-refractivity contribution in [1.29, 1.82) is 0 Å². The van der Waals surface area contributed by atoms with Crippen LogP contribution in [0, 0.1) is 12.8 Å². The topological polar surface area (TPSA) is 88.2 Å². The third-order valence-electron chi connectivity index (χ3n) is 6.92. The van der Waals surface area contributed by atoms with Gasteiger partial charge in [-0.25, -0.2) is 8.42 Å². The molecule has 2 N–H and O–H groups in total. The molecule has 0 radical (unpaired) electrons. The lowest BCUT2D eigenvalue weighted by Gasteiger charge is -2.23. The van der Waals surface area contributed by atoms with Crippen molar-refractivity contribution in [2.45, 2.75) is 45.2 Å². The average Bonchev–Trinajstić information content (AvgIpc) is 3.69. The molecule has 6 nitrogen and oxygen atoms in total. The predicted octanol–water partition coefficient (Wildman–Crippen LogP) is 4.89. The zero-order valence-electron chi connectivity index (χ0n) is 20.0. The van der Waals surface area contributed by atoms with E-state index in [0.29, 0.717) is 24.9 Å². The molecule has 0 unspecified atom stereocenters. The molecule has 2 aliphatic rings. The molecule has 0 bridgehead atoms. The fourth-order valence-electron chi connectivity index (χ4n) is 4.46. The number of fused-ring (bicyclic) bond motifs is 1. The van der Waals surface area contributed by atoms with E-state index in [4.69, 9.17) is 0 Å². The van der Waals surface area contributed by atoms with Crippen LogP contribution in [0.25, 0.3) is 17.0 Å². The monoisotopic (exact) mass is 489 g/mol. The lowest BCUT2D eigenvalue weighted by Crippen LogP contribution is -2.37. The highest BCUT2D eigenvalue weighted by Crippen LogP contribution is 2.31. The maximum Gasteiger partial charge on any atom is 0.255 e. The van der Waals surface area contributed by atoms with E-state index >= 15 is 0 Å². The maximum atomic E-state index is 12.8. The first-order valence-corrected chi connectivity index (χ1v) is 14.1. The minimum atomic E-state index is -2.85. The highest BCUT2D eigenvalue weighted by atomic mass is 32.2. The Morgan fingerprint density at radius 3 is 2.51 bits per heavy atom. The molecule has 5 rings (SSSR count). The van der Waals surface area contributed by atoms with Crippen molar-refractivity contribution in [3.63, 3.8) is 0 Å². The van der Waals surface area contributed by atoms with Gasteiger partial charge in [-0.15, -0.1) is 0 Å². The molecule has 1 aliphatic carbocycles. The van der Waals surface area contributed by atoms with Gasteiger partial charge >= 0.3 is 0 Å². The summed E-state index contributed by atoms with van der Waals surface area (Å²) < 4.78 is 23.2. The maximum absolute atomic E-state index is 12.8. The van der Waals surface area contributed by atoms with Gasteiger partial charge in [0.2, 0.25) is 0 Å². The number of sulfone groups is 1. The molecule has 0 spiro atoms. The highest BCUT2D eigenvalue weighted by molar-refractivity contribution is 7.91. The van der Waals surface area contributed by atoms with Gasteiger partial charge in [0.1, 0.15) is 9.84 Å². The number of amides is 1. The van der Waals surface area contributed by atoms with Crippen molar-refractivity contribution in [1.82, 2.24) is 10.3 Å². The van der Waals surface area contributed by atoms with E-state index in [1.165, 1.54) is 12.8 Å².